The summed E-state index contributed by atoms with van der Waals surface area (Å²) in [7, 11) is 1.80. The van der Waals surface area contributed by atoms with Crippen molar-refractivity contribution in [1.29, 1.82) is 0 Å². The van der Waals surface area contributed by atoms with Crippen molar-refractivity contribution in [3.8, 4) is 0 Å². The monoisotopic (exact) mass is 316 g/mol. The van der Waals surface area contributed by atoms with E-state index < -0.39 is 11.9 Å². The Hall–Kier alpha value is -2.44. The van der Waals surface area contributed by atoms with Gasteiger partial charge in [-0.15, -0.1) is 0 Å². The number of carboxylic acid groups (broad SMARTS) is 1. The number of aliphatic carboxylic acids is 1. The van der Waals surface area contributed by atoms with Crippen molar-refractivity contribution in [1.82, 2.24) is 19.7 Å². The van der Waals surface area contributed by atoms with Crippen LogP contribution in [-0.2, 0) is 11.8 Å². The summed E-state index contributed by atoms with van der Waals surface area (Å²) in [6.07, 6.45) is 1.33. The van der Waals surface area contributed by atoms with E-state index in [0.717, 1.165) is 16.8 Å². The zero-order chi connectivity index (χ0) is 16.7. The lowest BCUT2D eigenvalue weighted by atomic mass is 9.97. The highest BCUT2D eigenvalue weighted by atomic mass is 16.4. The summed E-state index contributed by atoms with van der Waals surface area (Å²) in [5, 5.41) is 14.3. The second-order valence-electron chi connectivity index (χ2n) is 6.15. The maximum Gasteiger partial charge on any atom is 0.308 e. The molecule has 7 heteroatoms. The topological polar surface area (TPSA) is 88.3 Å². The van der Waals surface area contributed by atoms with Crippen molar-refractivity contribution in [2.75, 3.05) is 13.1 Å². The van der Waals surface area contributed by atoms with Crippen molar-refractivity contribution < 1.29 is 14.7 Å². The third-order valence-electron chi connectivity index (χ3n) is 4.39. The van der Waals surface area contributed by atoms with Crippen LogP contribution in [0.15, 0.2) is 6.07 Å². The molecule has 0 aliphatic carbocycles. The van der Waals surface area contributed by atoms with Crippen molar-refractivity contribution >= 4 is 22.9 Å². The molecule has 1 aliphatic rings. The molecular formula is C16H20N4O3. The Labute approximate surface area is 133 Å². The van der Waals surface area contributed by atoms with Gasteiger partial charge in [-0.25, -0.2) is 4.98 Å². The third kappa shape index (κ3) is 2.67. The number of rotatable bonds is 2. The Kier molecular flexibility index (Phi) is 3.79. The van der Waals surface area contributed by atoms with Gasteiger partial charge in [-0.2, -0.15) is 5.10 Å². The molecule has 0 aromatic carbocycles. The number of hydrogen-bond acceptors (Lipinski definition) is 4. The van der Waals surface area contributed by atoms with Crippen molar-refractivity contribution in [2.24, 2.45) is 13.0 Å². The maximum atomic E-state index is 13.0. The molecule has 23 heavy (non-hydrogen) atoms. The molecule has 0 bridgehead atoms. The number of carbonyl (C=O) groups is 2. The SMILES string of the molecule is Cc1cc(C(=O)N2CCCC(C(=O)O)C2)c2c(C)nn(C)c2n1. The molecule has 0 saturated carbocycles. The summed E-state index contributed by atoms with van der Waals surface area (Å²) in [5.41, 5.74) is 2.74. The van der Waals surface area contributed by atoms with Gasteiger partial charge in [0.1, 0.15) is 0 Å². The zero-order valence-corrected chi connectivity index (χ0v) is 13.5. The van der Waals surface area contributed by atoms with Crippen molar-refractivity contribution in [3.05, 3.63) is 23.0 Å². The van der Waals surface area contributed by atoms with Gasteiger partial charge in [0.25, 0.3) is 5.91 Å². The molecule has 1 atom stereocenters. The number of pyridine rings is 1. The molecular weight excluding hydrogens is 296 g/mol. The molecule has 2 aromatic heterocycles. The fourth-order valence-corrected chi connectivity index (χ4v) is 3.27. The van der Waals surface area contributed by atoms with E-state index in [-0.39, 0.29) is 12.5 Å². The minimum absolute atomic E-state index is 0.137. The third-order valence-corrected chi connectivity index (χ3v) is 4.39. The van der Waals surface area contributed by atoms with Crippen LogP contribution in [-0.4, -0.2) is 49.7 Å². The minimum Gasteiger partial charge on any atom is -0.481 e. The molecule has 1 aliphatic heterocycles. The average molecular weight is 316 g/mol. The Bertz CT molecular complexity index is 796. The number of aromatic nitrogens is 3. The van der Waals surface area contributed by atoms with E-state index in [2.05, 4.69) is 10.1 Å². The van der Waals surface area contributed by atoms with Gasteiger partial charge in [-0.3, -0.25) is 14.3 Å². The van der Waals surface area contributed by atoms with E-state index >= 15 is 0 Å². The van der Waals surface area contributed by atoms with Gasteiger partial charge in [0, 0.05) is 25.8 Å². The van der Waals surface area contributed by atoms with Crippen LogP contribution < -0.4 is 0 Å². The lowest BCUT2D eigenvalue weighted by Crippen LogP contribution is -2.42. The highest BCUT2D eigenvalue weighted by molar-refractivity contribution is 6.06. The molecule has 1 fully saturated rings. The quantitative estimate of drug-likeness (QED) is 0.907. The van der Waals surface area contributed by atoms with E-state index in [4.69, 9.17) is 0 Å². The van der Waals surface area contributed by atoms with Crippen LogP contribution in [0.25, 0.3) is 11.0 Å². The molecule has 1 amide bonds. The highest BCUT2D eigenvalue weighted by Gasteiger charge is 2.30. The minimum atomic E-state index is -0.837. The van der Waals surface area contributed by atoms with Gasteiger partial charge in [-0.1, -0.05) is 0 Å². The summed E-state index contributed by atoms with van der Waals surface area (Å²) in [5.74, 6) is -1.46. The highest BCUT2D eigenvalue weighted by Crippen LogP contribution is 2.25. The van der Waals surface area contributed by atoms with Crippen LogP contribution in [0.5, 0.6) is 0 Å². The van der Waals surface area contributed by atoms with E-state index in [0.29, 0.717) is 30.6 Å². The molecule has 0 radical (unpaired) electrons. The van der Waals surface area contributed by atoms with Gasteiger partial charge in [0.2, 0.25) is 0 Å². The van der Waals surface area contributed by atoms with Gasteiger partial charge in [0.05, 0.1) is 22.6 Å². The summed E-state index contributed by atoms with van der Waals surface area (Å²) >= 11 is 0. The standard InChI is InChI=1S/C16H20N4O3/c1-9-7-12(13-10(2)18-19(3)14(13)17-9)15(21)20-6-4-5-11(8-20)16(22)23/h7,11H,4-6,8H2,1-3H3,(H,22,23). The molecule has 2 aromatic rings. The average Bonchev–Trinajstić information content (AvgIpc) is 2.80. The van der Waals surface area contributed by atoms with E-state index in [1.807, 2.05) is 13.8 Å². The van der Waals surface area contributed by atoms with Gasteiger partial charge < -0.3 is 10.0 Å². The van der Waals surface area contributed by atoms with Crippen LogP contribution in [0.2, 0.25) is 0 Å². The van der Waals surface area contributed by atoms with Gasteiger partial charge >= 0.3 is 5.97 Å². The van der Waals surface area contributed by atoms with E-state index in [1.54, 1.807) is 22.7 Å². The molecule has 1 N–H and O–H groups in total. The molecule has 122 valence electrons. The Morgan fingerprint density at radius 3 is 2.78 bits per heavy atom. The Morgan fingerprint density at radius 2 is 2.09 bits per heavy atom. The number of piperidine rings is 1. The first-order chi connectivity index (χ1) is 10.9. The van der Waals surface area contributed by atoms with E-state index in [9.17, 15) is 14.7 Å². The molecule has 1 unspecified atom stereocenters. The predicted molar refractivity (Wildman–Crippen MR) is 84.2 cm³/mol. The summed E-state index contributed by atoms with van der Waals surface area (Å²) in [6.45, 7) is 4.54. The first kappa shape index (κ1) is 15.5. The number of nitrogens with zero attached hydrogens (tertiary/aromatic N) is 4. The first-order valence-corrected chi connectivity index (χ1v) is 7.71. The van der Waals surface area contributed by atoms with Gasteiger partial charge in [0.15, 0.2) is 5.65 Å². The lowest BCUT2D eigenvalue weighted by molar-refractivity contribution is -0.143. The van der Waals surface area contributed by atoms with Crippen molar-refractivity contribution in [3.63, 3.8) is 0 Å². The molecule has 3 rings (SSSR count). The fraction of sp³-hybridized carbons (Fsp3) is 0.500. The molecule has 7 nitrogen and oxygen atoms in total. The van der Waals surface area contributed by atoms with Crippen LogP contribution >= 0.6 is 0 Å². The number of hydrogen-bond donors (Lipinski definition) is 1. The smallest absolute Gasteiger partial charge is 0.308 e. The first-order valence-electron chi connectivity index (χ1n) is 7.71. The maximum absolute atomic E-state index is 13.0. The molecule has 3 heterocycles. The van der Waals surface area contributed by atoms with Crippen LogP contribution in [0.3, 0.4) is 0 Å². The van der Waals surface area contributed by atoms with Crippen LogP contribution in [0.1, 0.15) is 34.6 Å². The zero-order valence-electron chi connectivity index (χ0n) is 13.5. The second-order valence-corrected chi connectivity index (χ2v) is 6.15. The normalized spacial score (nSPS) is 18.4. The number of fused-ring (bicyclic) bond motifs is 1. The summed E-state index contributed by atoms with van der Waals surface area (Å²) < 4.78 is 1.67. The van der Waals surface area contributed by atoms with Crippen molar-refractivity contribution in [2.45, 2.75) is 26.7 Å². The Balaban J connectivity index is 2.02. The largest absolute Gasteiger partial charge is 0.481 e. The molecule has 1 saturated heterocycles. The number of likely N-dealkylation sites (tertiary alicyclic amines) is 1. The number of carbonyl (C=O) groups excluding carboxylic acids is 1. The van der Waals surface area contributed by atoms with E-state index in [1.165, 1.54) is 0 Å². The summed E-state index contributed by atoms with van der Waals surface area (Å²) in [4.78, 5) is 30.3. The predicted octanol–water partition coefficient (Wildman–Crippen LogP) is 1.52. The lowest BCUT2D eigenvalue weighted by Gasteiger charge is -2.31. The van der Waals surface area contributed by atoms with Crippen LogP contribution in [0, 0.1) is 19.8 Å². The number of amides is 1. The van der Waals surface area contributed by atoms with Gasteiger partial charge in [-0.05, 0) is 32.8 Å². The second kappa shape index (κ2) is 5.64. The summed E-state index contributed by atoms with van der Waals surface area (Å²) in [6, 6.07) is 1.77. The number of carboxylic acids is 1. The number of aryl methyl sites for hydroxylation is 3. The van der Waals surface area contributed by atoms with Crippen LogP contribution in [0.4, 0.5) is 0 Å². The molecule has 0 spiro atoms. The Morgan fingerprint density at radius 1 is 1.35 bits per heavy atom. The fourth-order valence-electron chi connectivity index (χ4n) is 3.27.